The number of hydrogen-bond donors (Lipinski definition) is 0. The van der Waals surface area contributed by atoms with Crippen LogP contribution in [0.15, 0.2) is 79.7 Å². The lowest BCUT2D eigenvalue weighted by atomic mass is 10.2. The molecular formula is C15H17N. The van der Waals surface area contributed by atoms with Gasteiger partial charge in [-0.3, -0.25) is 0 Å². The Balaban J connectivity index is 3.11. The Bertz CT molecular complexity index is 412. The van der Waals surface area contributed by atoms with Crippen LogP contribution < -0.4 is 4.90 Å². The molecule has 16 heavy (non-hydrogen) atoms. The van der Waals surface area contributed by atoms with Gasteiger partial charge in [0.1, 0.15) is 0 Å². The summed E-state index contributed by atoms with van der Waals surface area (Å²) < 4.78 is 0. The summed E-state index contributed by atoms with van der Waals surface area (Å²) in [7, 11) is 0. The number of anilines is 1. The molecule has 1 rings (SSSR count). The van der Waals surface area contributed by atoms with Crippen molar-refractivity contribution < 1.29 is 0 Å². The van der Waals surface area contributed by atoms with Crippen molar-refractivity contribution in [3.05, 3.63) is 79.7 Å². The second-order valence-corrected chi connectivity index (χ2v) is 3.36. The fourth-order valence-electron chi connectivity index (χ4n) is 1.45. The molecule has 0 saturated heterocycles. The minimum atomic E-state index is 0.814. The highest BCUT2D eigenvalue weighted by Gasteiger charge is 2.08. The zero-order valence-corrected chi connectivity index (χ0v) is 9.69. The van der Waals surface area contributed by atoms with E-state index in [-0.39, 0.29) is 0 Å². The molecule has 82 valence electrons. The Morgan fingerprint density at radius 3 is 2.25 bits per heavy atom. The summed E-state index contributed by atoms with van der Waals surface area (Å²) in [5, 5.41) is 0. The number of hydrogen-bond acceptors (Lipinski definition) is 1. The number of nitrogens with zero attached hydrogens (tertiary/aromatic N) is 1. The van der Waals surface area contributed by atoms with Crippen LogP contribution in [-0.4, -0.2) is 0 Å². The molecule has 1 heteroatoms. The van der Waals surface area contributed by atoms with E-state index in [0.29, 0.717) is 0 Å². The summed E-state index contributed by atoms with van der Waals surface area (Å²) in [4.78, 5) is 1.97. The van der Waals surface area contributed by atoms with Crippen molar-refractivity contribution in [2.75, 3.05) is 4.90 Å². The highest BCUT2D eigenvalue weighted by atomic mass is 15.1. The van der Waals surface area contributed by atoms with Gasteiger partial charge >= 0.3 is 0 Å². The van der Waals surface area contributed by atoms with E-state index in [1.165, 1.54) is 0 Å². The largest absolute Gasteiger partial charge is 0.312 e. The van der Waals surface area contributed by atoms with Crippen molar-refractivity contribution in [3.63, 3.8) is 0 Å². The van der Waals surface area contributed by atoms with Gasteiger partial charge in [0.05, 0.1) is 0 Å². The van der Waals surface area contributed by atoms with Crippen LogP contribution in [-0.2, 0) is 0 Å². The first-order valence-corrected chi connectivity index (χ1v) is 5.18. The first-order valence-electron chi connectivity index (χ1n) is 5.18. The van der Waals surface area contributed by atoms with Crippen LogP contribution >= 0.6 is 0 Å². The van der Waals surface area contributed by atoms with Crippen LogP contribution in [0.1, 0.15) is 6.92 Å². The van der Waals surface area contributed by atoms with Gasteiger partial charge in [0.25, 0.3) is 0 Å². The molecule has 1 nitrogen and oxygen atoms in total. The van der Waals surface area contributed by atoms with Crippen LogP contribution in [0, 0.1) is 0 Å². The van der Waals surface area contributed by atoms with Crippen LogP contribution in [0.4, 0.5) is 5.69 Å². The van der Waals surface area contributed by atoms with Gasteiger partial charge < -0.3 is 4.90 Å². The molecule has 0 N–H and O–H groups in total. The van der Waals surface area contributed by atoms with E-state index in [9.17, 15) is 0 Å². The molecule has 0 saturated carbocycles. The first kappa shape index (κ1) is 12.1. The molecule has 0 amide bonds. The van der Waals surface area contributed by atoms with Crippen LogP contribution in [0.5, 0.6) is 0 Å². The number of allylic oxidation sites excluding steroid dienone is 3. The lowest BCUT2D eigenvalue weighted by Gasteiger charge is -2.25. The highest BCUT2D eigenvalue weighted by molar-refractivity contribution is 5.61. The van der Waals surface area contributed by atoms with Crippen LogP contribution in [0.25, 0.3) is 0 Å². The third-order valence-electron chi connectivity index (χ3n) is 2.18. The van der Waals surface area contributed by atoms with Gasteiger partial charge in [0.15, 0.2) is 0 Å². The summed E-state index contributed by atoms with van der Waals surface area (Å²) in [6.07, 6.45) is 5.62. The van der Waals surface area contributed by atoms with Crippen molar-refractivity contribution in [3.8, 4) is 0 Å². The van der Waals surface area contributed by atoms with E-state index in [1.807, 2.05) is 54.3 Å². The number of para-hydroxylation sites is 1. The number of rotatable bonds is 5. The van der Waals surface area contributed by atoms with Crippen molar-refractivity contribution in [2.45, 2.75) is 6.92 Å². The predicted molar refractivity (Wildman–Crippen MR) is 72.2 cm³/mol. The molecule has 1 aromatic carbocycles. The van der Waals surface area contributed by atoms with Gasteiger partial charge in [-0.25, -0.2) is 0 Å². The monoisotopic (exact) mass is 211 g/mol. The molecule has 0 radical (unpaired) electrons. The fraction of sp³-hybridized carbons (Fsp3) is 0.0667. The molecule has 0 unspecified atom stereocenters. The van der Waals surface area contributed by atoms with E-state index in [1.54, 1.807) is 6.08 Å². The molecule has 1 aromatic rings. The zero-order valence-electron chi connectivity index (χ0n) is 9.69. The third kappa shape index (κ3) is 2.74. The smallest absolute Gasteiger partial charge is 0.0461 e. The Labute approximate surface area is 97.7 Å². The van der Waals surface area contributed by atoms with Crippen molar-refractivity contribution in [1.82, 2.24) is 0 Å². The average molecular weight is 211 g/mol. The van der Waals surface area contributed by atoms with Crippen LogP contribution in [0.2, 0.25) is 0 Å². The van der Waals surface area contributed by atoms with E-state index in [2.05, 4.69) is 19.7 Å². The van der Waals surface area contributed by atoms with Gasteiger partial charge in [-0.1, -0.05) is 44.0 Å². The molecule has 0 aliphatic carbocycles. The highest BCUT2D eigenvalue weighted by Crippen LogP contribution is 2.23. The fourth-order valence-corrected chi connectivity index (χ4v) is 1.45. The van der Waals surface area contributed by atoms with Crippen molar-refractivity contribution >= 4 is 5.69 Å². The first-order chi connectivity index (χ1) is 7.70. The standard InChI is InChI=1S/C15H17N/c1-5-10-14(4)16(13(3)6-2)15-11-8-7-9-12-15/h5-12H,2-4H2,1H3. The molecule has 0 aliphatic heterocycles. The van der Waals surface area contributed by atoms with E-state index >= 15 is 0 Å². The van der Waals surface area contributed by atoms with Gasteiger partial charge in [0.2, 0.25) is 0 Å². The summed E-state index contributed by atoms with van der Waals surface area (Å²) in [5.74, 6) is 0. The Morgan fingerprint density at radius 2 is 1.75 bits per heavy atom. The number of benzene rings is 1. The van der Waals surface area contributed by atoms with Gasteiger partial charge in [-0.15, -0.1) is 0 Å². The maximum Gasteiger partial charge on any atom is 0.0461 e. The Kier molecular flexibility index (Phi) is 4.34. The molecule has 0 aromatic heterocycles. The third-order valence-corrected chi connectivity index (χ3v) is 2.18. The van der Waals surface area contributed by atoms with Crippen LogP contribution in [0.3, 0.4) is 0 Å². The van der Waals surface area contributed by atoms with E-state index < -0.39 is 0 Å². The topological polar surface area (TPSA) is 3.24 Å². The summed E-state index contributed by atoms with van der Waals surface area (Å²) >= 11 is 0. The summed E-state index contributed by atoms with van der Waals surface area (Å²) in [6.45, 7) is 13.7. The molecule has 0 spiro atoms. The zero-order chi connectivity index (χ0) is 12.0. The quantitative estimate of drug-likeness (QED) is 0.657. The molecule has 0 heterocycles. The Hall–Kier alpha value is -2.02. The van der Waals surface area contributed by atoms with Crippen molar-refractivity contribution in [1.29, 1.82) is 0 Å². The average Bonchev–Trinajstić information content (AvgIpc) is 2.31. The van der Waals surface area contributed by atoms with Gasteiger partial charge in [-0.2, -0.15) is 0 Å². The van der Waals surface area contributed by atoms with E-state index in [0.717, 1.165) is 17.1 Å². The van der Waals surface area contributed by atoms with Gasteiger partial charge in [0, 0.05) is 17.1 Å². The second-order valence-electron chi connectivity index (χ2n) is 3.36. The minimum Gasteiger partial charge on any atom is -0.312 e. The maximum atomic E-state index is 4.02. The SMILES string of the molecule is C=CC(=C)N(C(=C)C=CC)c1ccccc1. The molecule has 0 bridgehead atoms. The lowest BCUT2D eigenvalue weighted by molar-refractivity contribution is 1.16. The predicted octanol–water partition coefficient (Wildman–Crippen LogP) is 4.28. The van der Waals surface area contributed by atoms with E-state index in [4.69, 9.17) is 0 Å². The van der Waals surface area contributed by atoms with Gasteiger partial charge in [-0.05, 0) is 31.2 Å². The maximum absolute atomic E-state index is 4.02. The summed E-state index contributed by atoms with van der Waals surface area (Å²) in [6, 6.07) is 9.99. The minimum absolute atomic E-state index is 0.814. The molecular weight excluding hydrogens is 194 g/mol. The Morgan fingerprint density at radius 1 is 1.12 bits per heavy atom. The normalized spacial score (nSPS) is 10.1. The molecule has 0 aliphatic rings. The second kappa shape index (κ2) is 5.76. The summed E-state index contributed by atoms with van der Waals surface area (Å²) in [5.41, 5.74) is 2.73. The lowest BCUT2D eigenvalue weighted by Crippen LogP contribution is -2.18. The molecule has 0 atom stereocenters. The molecule has 0 fully saturated rings. The van der Waals surface area contributed by atoms with Crippen molar-refractivity contribution in [2.24, 2.45) is 0 Å².